The summed E-state index contributed by atoms with van der Waals surface area (Å²) in [6.45, 7) is 5.41. The first kappa shape index (κ1) is 15.5. The lowest BCUT2D eigenvalue weighted by Gasteiger charge is -2.30. The lowest BCUT2D eigenvalue weighted by atomic mass is 9.88. The summed E-state index contributed by atoms with van der Waals surface area (Å²) in [4.78, 5) is 0. The van der Waals surface area contributed by atoms with Gasteiger partial charge in [-0.05, 0) is 50.2 Å². The molecule has 1 aliphatic carbocycles. The van der Waals surface area contributed by atoms with Gasteiger partial charge in [0.2, 0.25) is 0 Å². The average molecular weight is 277 g/mol. The van der Waals surface area contributed by atoms with Crippen molar-refractivity contribution in [2.24, 2.45) is 5.92 Å². The Morgan fingerprint density at radius 3 is 2.45 bits per heavy atom. The molecule has 1 unspecified atom stereocenters. The quantitative estimate of drug-likeness (QED) is 0.802. The topological polar surface area (TPSA) is 41.5 Å². The molecule has 0 aromatic heterocycles. The minimum atomic E-state index is -0.431. The Hall–Kier alpha value is -0.900. The number of benzene rings is 1. The second-order valence-electron chi connectivity index (χ2n) is 6.62. The van der Waals surface area contributed by atoms with Crippen LogP contribution in [0.1, 0.15) is 31.4 Å². The number of hydrogen-bond donors (Lipinski definition) is 2. The molecule has 1 aliphatic rings. The molecule has 1 aromatic rings. The summed E-state index contributed by atoms with van der Waals surface area (Å²) in [6.07, 6.45) is 3.06. The molecule has 20 heavy (non-hydrogen) atoms. The molecule has 112 valence electrons. The molecule has 0 saturated carbocycles. The van der Waals surface area contributed by atoms with Crippen LogP contribution in [0.15, 0.2) is 24.3 Å². The van der Waals surface area contributed by atoms with E-state index in [1.165, 1.54) is 24.0 Å². The second kappa shape index (κ2) is 6.70. The fraction of sp³-hybridized carbons (Fsp3) is 0.647. The molecule has 3 nitrogen and oxygen atoms in total. The van der Waals surface area contributed by atoms with Crippen molar-refractivity contribution >= 4 is 0 Å². The van der Waals surface area contributed by atoms with Crippen LogP contribution < -0.4 is 5.32 Å². The fourth-order valence-corrected chi connectivity index (χ4v) is 3.23. The van der Waals surface area contributed by atoms with Gasteiger partial charge in [0.05, 0.1) is 12.7 Å². The third kappa shape index (κ3) is 4.30. The summed E-state index contributed by atoms with van der Waals surface area (Å²) < 4.78 is 4.95. The number of hydrogen-bond acceptors (Lipinski definition) is 3. The van der Waals surface area contributed by atoms with Crippen molar-refractivity contribution in [3.63, 3.8) is 0 Å². The van der Waals surface area contributed by atoms with Gasteiger partial charge in [-0.25, -0.2) is 0 Å². The largest absolute Gasteiger partial charge is 0.389 e. The Bertz CT molecular complexity index is 406. The SMILES string of the molecule is COCC(O)CNC(C)(C)CC1Cc2ccccc2C1. The Morgan fingerprint density at radius 2 is 1.90 bits per heavy atom. The average Bonchev–Trinajstić information content (AvgIpc) is 2.78. The van der Waals surface area contributed by atoms with Gasteiger partial charge in [0.25, 0.3) is 0 Å². The first-order chi connectivity index (χ1) is 9.50. The van der Waals surface area contributed by atoms with Gasteiger partial charge in [-0.3, -0.25) is 0 Å². The second-order valence-corrected chi connectivity index (χ2v) is 6.62. The van der Waals surface area contributed by atoms with E-state index in [1.54, 1.807) is 7.11 Å². The molecule has 0 spiro atoms. The number of methoxy groups -OCH3 is 1. The highest BCUT2D eigenvalue weighted by Crippen LogP contribution is 2.31. The van der Waals surface area contributed by atoms with Crippen LogP contribution in [-0.4, -0.2) is 37.0 Å². The van der Waals surface area contributed by atoms with Gasteiger partial charge < -0.3 is 15.2 Å². The van der Waals surface area contributed by atoms with Crippen molar-refractivity contribution < 1.29 is 9.84 Å². The number of ether oxygens (including phenoxy) is 1. The number of fused-ring (bicyclic) bond motifs is 1. The highest BCUT2D eigenvalue weighted by Gasteiger charge is 2.28. The highest BCUT2D eigenvalue weighted by molar-refractivity contribution is 5.32. The monoisotopic (exact) mass is 277 g/mol. The molecular formula is C17H27NO2. The molecule has 0 fully saturated rings. The maximum Gasteiger partial charge on any atom is 0.0897 e. The predicted molar refractivity (Wildman–Crippen MR) is 81.9 cm³/mol. The Balaban J connectivity index is 1.81. The third-order valence-corrected chi connectivity index (χ3v) is 4.11. The van der Waals surface area contributed by atoms with Gasteiger partial charge >= 0.3 is 0 Å². The molecule has 0 saturated heterocycles. The van der Waals surface area contributed by atoms with Gasteiger partial charge in [0, 0.05) is 19.2 Å². The first-order valence-corrected chi connectivity index (χ1v) is 7.49. The molecule has 0 radical (unpaired) electrons. The van der Waals surface area contributed by atoms with Crippen LogP contribution >= 0.6 is 0 Å². The van der Waals surface area contributed by atoms with Crippen molar-refractivity contribution in [3.8, 4) is 0 Å². The standard InChI is InChI=1S/C17H27NO2/c1-17(2,18-11-16(19)12-20-3)10-13-8-14-6-4-5-7-15(14)9-13/h4-7,13,16,18-19H,8-12H2,1-3H3. The minimum Gasteiger partial charge on any atom is -0.389 e. The molecule has 1 atom stereocenters. The molecular weight excluding hydrogens is 250 g/mol. The smallest absolute Gasteiger partial charge is 0.0897 e. The molecule has 0 bridgehead atoms. The number of nitrogens with one attached hydrogen (secondary N) is 1. The van der Waals surface area contributed by atoms with E-state index in [-0.39, 0.29) is 5.54 Å². The molecule has 0 heterocycles. The summed E-state index contributed by atoms with van der Waals surface area (Å²) in [7, 11) is 1.62. The third-order valence-electron chi connectivity index (χ3n) is 4.11. The van der Waals surface area contributed by atoms with Crippen molar-refractivity contribution in [2.75, 3.05) is 20.3 Å². The number of aliphatic hydroxyl groups is 1. The first-order valence-electron chi connectivity index (χ1n) is 7.49. The van der Waals surface area contributed by atoms with Crippen LogP contribution in [-0.2, 0) is 17.6 Å². The molecule has 3 heteroatoms. The maximum atomic E-state index is 9.73. The zero-order chi connectivity index (χ0) is 14.6. The van der Waals surface area contributed by atoms with Gasteiger partial charge in [-0.1, -0.05) is 24.3 Å². The van der Waals surface area contributed by atoms with E-state index in [0.29, 0.717) is 19.1 Å². The zero-order valence-electron chi connectivity index (χ0n) is 12.9. The Morgan fingerprint density at radius 1 is 1.30 bits per heavy atom. The van der Waals surface area contributed by atoms with Gasteiger partial charge in [-0.15, -0.1) is 0 Å². The van der Waals surface area contributed by atoms with E-state index in [2.05, 4.69) is 43.4 Å². The molecule has 0 amide bonds. The van der Waals surface area contributed by atoms with E-state index in [4.69, 9.17) is 4.74 Å². The van der Waals surface area contributed by atoms with Crippen molar-refractivity contribution in [2.45, 2.75) is 44.8 Å². The van der Waals surface area contributed by atoms with Gasteiger partial charge in [0.1, 0.15) is 0 Å². The molecule has 1 aromatic carbocycles. The molecule has 2 rings (SSSR count). The van der Waals surface area contributed by atoms with Crippen LogP contribution in [0.2, 0.25) is 0 Å². The maximum absolute atomic E-state index is 9.73. The van der Waals surface area contributed by atoms with Crippen molar-refractivity contribution in [1.82, 2.24) is 5.32 Å². The normalized spacial score (nSPS) is 17.2. The summed E-state index contributed by atoms with van der Waals surface area (Å²) >= 11 is 0. The van der Waals surface area contributed by atoms with E-state index < -0.39 is 6.10 Å². The Kier molecular flexibility index (Phi) is 5.19. The minimum absolute atomic E-state index is 0.0431. The fourth-order valence-electron chi connectivity index (χ4n) is 3.23. The van der Waals surface area contributed by atoms with Crippen LogP contribution in [0.25, 0.3) is 0 Å². The van der Waals surface area contributed by atoms with Crippen LogP contribution in [0, 0.1) is 5.92 Å². The zero-order valence-corrected chi connectivity index (χ0v) is 12.9. The van der Waals surface area contributed by atoms with Gasteiger partial charge in [0.15, 0.2) is 0 Å². The predicted octanol–water partition coefficient (Wildman–Crippen LogP) is 2.17. The molecule has 0 aliphatic heterocycles. The van der Waals surface area contributed by atoms with Crippen LogP contribution in [0.4, 0.5) is 0 Å². The summed E-state index contributed by atoms with van der Waals surface area (Å²) in [5.41, 5.74) is 3.06. The highest BCUT2D eigenvalue weighted by atomic mass is 16.5. The lowest BCUT2D eigenvalue weighted by Crippen LogP contribution is -2.45. The lowest BCUT2D eigenvalue weighted by molar-refractivity contribution is 0.0586. The number of rotatable bonds is 7. The summed E-state index contributed by atoms with van der Waals surface area (Å²) in [5, 5.41) is 13.2. The van der Waals surface area contributed by atoms with Crippen molar-refractivity contribution in [1.29, 1.82) is 0 Å². The number of β-amino-alcohol motifs (C(OH)–C–C–N with tert-alkyl or cyclic N) is 1. The van der Waals surface area contributed by atoms with E-state index >= 15 is 0 Å². The molecule has 2 N–H and O–H groups in total. The summed E-state index contributed by atoms with van der Waals surface area (Å²) in [5.74, 6) is 0.703. The number of aliphatic hydroxyl groups excluding tert-OH is 1. The van der Waals surface area contributed by atoms with E-state index in [0.717, 1.165) is 6.42 Å². The van der Waals surface area contributed by atoms with Crippen LogP contribution in [0.5, 0.6) is 0 Å². The van der Waals surface area contributed by atoms with E-state index in [1.807, 2.05) is 0 Å². The van der Waals surface area contributed by atoms with Crippen molar-refractivity contribution in [3.05, 3.63) is 35.4 Å². The van der Waals surface area contributed by atoms with E-state index in [9.17, 15) is 5.11 Å². The summed E-state index contributed by atoms with van der Waals surface area (Å²) in [6, 6.07) is 8.76. The van der Waals surface area contributed by atoms with Gasteiger partial charge in [-0.2, -0.15) is 0 Å². The Labute approximate surface area is 122 Å². The van der Waals surface area contributed by atoms with Crippen LogP contribution in [0.3, 0.4) is 0 Å².